The smallest absolute Gasteiger partial charge is 0.180 e. The van der Waals surface area contributed by atoms with E-state index in [2.05, 4.69) is 14.9 Å². The third-order valence-corrected chi connectivity index (χ3v) is 3.92. The van der Waals surface area contributed by atoms with Gasteiger partial charge in [0, 0.05) is 31.5 Å². The number of hydrogen-bond acceptors (Lipinski definition) is 3. The summed E-state index contributed by atoms with van der Waals surface area (Å²) in [5.74, 6) is 0.613. The van der Waals surface area contributed by atoms with Crippen molar-refractivity contribution in [2.24, 2.45) is 0 Å². The van der Waals surface area contributed by atoms with Crippen molar-refractivity contribution < 1.29 is 4.39 Å². The highest BCUT2D eigenvalue weighted by Crippen LogP contribution is 2.26. The minimum atomic E-state index is -0.256. The molecule has 3 heterocycles. The fraction of sp³-hybridized carbons (Fsp3) is 0.333. The highest BCUT2D eigenvalue weighted by molar-refractivity contribution is 5.83. The van der Waals surface area contributed by atoms with E-state index in [0.29, 0.717) is 5.52 Å². The lowest BCUT2D eigenvalue weighted by Gasteiger charge is -2.28. The molecule has 1 saturated heterocycles. The Hall–Kier alpha value is -2.17. The predicted octanol–water partition coefficient (Wildman–Crippen LogP) is 3.01. The number of aromatic nitrogens is 3. The number of imidazole rings is 1. The van der Waals surface area contributed by atoms with Crippen LogP contribution < -0.4 is 4.90 Å². The Morgan fingerprint density at radius 3 is 2.80 bits per heavy atom. The quantitative estimate of drug-likeness (QED) is 0.681. The molecule has 0 amide bonds. The highest BCUT2D eigenvalue weighted by atomic mass is 19.1. The van der Waals surface area contributed by atoms with Gasteiger partial charge < -0.3 is 4.90 Å². The summed E-state index contributed by atoms with van der Waals surface area (Å²) in [6.45, 7) is 1.99. The summed E-state index contributed by atoms with van der Waals surface area (Å²) in [5, 5.41) is 0. The fourth-order valence-corrected chi connectivity index (χ4v) is 2.94. The van der Waals surface area contributed by atoms with Crippen LogP contribution in [0, 0.1) is 5.82 Å². The van der Waals surface area contributed by atoms with Gasteiger partial charge in [-0.1, -0.05) is 0 Å². The van der Waals surface area contributed by atoms with Crippen molar-refractivity contribution in [1.29, 1.82) is 0 Å². The van der Waals surface area contributed by atoms with Crippen LogP contribution in [0.15, 0.2) is 30.6 Å². The SMILES string of the molecule is Fc1ccc2c(c1)nc(N1CCCCC1)c1nccn12. The zero-order valence-electron chi connectivity index (χ0n) is 11.1. The maximum atomic E-state index is 13.5. The standard InChI is InChI=1S/C15H15FN4/c16-11-4-5-13-12(10-11)18-15(14-17-6-9-20(13)14)19-7-2-1-3-8-19/h4-6,9-10H,1-3,7-8H2. The zero-order valence-corrected chi connectivity index (χ0v) is 11.1. The van der Waals surface area contributed by atoms with E-state index in [1.54, 1.807) is 12.3 Å². The molecule has 1 aliphatic heterocycles. The second-order valence-corrected chi connectivity index (χ2v) is 5.24. The number of benzene rings is 1. The van der Waals surface area contributed by atoms with Gasteiger partial charge in [0.15, 0.2) is 11.5 Å². The maximum absolute atomic E-state index is 13.5. The largest absolute Gasteiger partial charge is 0.354 e. The third kappa shape index (κ3) is 1.73. The average molecular weight is 270 g/mol. The minimum Gasteiger partial charge on any atom is -0.354 e. The van der Waals surface area contributed by atoms with E-state index >= 15 is 0 Å². The van der Waals surface area contributed by atoms with Gasteiger partial charge >= 0.3 is 0 Å². The number of halogens is 1. The molecule has 0 saturated carbocycles. The summed E-state index contributed by atoms with van der Waals surface area (Å²) in [6, 6.07) is 4.71. The van der Waals surface area contributed by atoms with Gasteiger partial charge in [0.25, 0.3) is 0 Å². The molecule has 0 unspecified atom stereocenters. The lowest BCUT2D eigenvalue weighted by Crippen LogP contribution is -2.30. The molecule has 4 nitrogen and oxygen atoms in total. The van der Waals surface area contributed by atoms with Gasteiger partial charge in [0.05, 0.1) is 11.0 Å². The molecule has 0 aliphatic carbocycles. The first-order valence-corrected chi connectivity index (χ1v) is 7.00. The summed E-state index contributed by atoms with van der Waals surface area (Å²) >= 11 is 0. The van der Waals surface area contributed by atoms with Gasteiger partial charge in [-0.05, 0) is 31.4 Å². The Bertz CT molecular complexity index is 774. The molecule has 1 aromatic carbocycles. The van der Waals surface area contributed by atoms with E-state index in [4.69, 9.17) is 0 Å². The van der Waals surface area contributed by atoms with Crippen LogP contribution in [-0.2, 0) is 0 Å². The molecule has 0 radical (unpaired) electrons. The average Bonchev–Trinajstić information content (AvgIpc) is 2.96. The van der Waals surface area contributed by atoms with Crippen molar-refractivity contribution in [3.63, 3.8) is 0 Å². The van der Waals surface area contributed by atoms with Crippen LogP contribution in [-0.4, -0.2) is 27.5 Å². The van der Waals surface area contributed by atoms with Crippen LogP contribution in [0.2, 0.25) is 0 Å². The van der Waals surface area contributed by atoms with Gasteiger partial charge in [-0.3, -0.25) is 4.40 Å². The third-order valence-electron chi connectivity index (χ3n) is 3.92. The number of hydrogen-bond donors (Lipinski definition) is 0. The zero-order chi connectivity index (χ0) is 13.5. The van der Waals surface area contributed by atoms with Crippen LogP contribution in [0.4, 0.5) is 10.2 Å². The van der Waals surface area contributed by atoms with Crippen LogP contribution in [0.3, 0.4) is 0 Å². The molecule has 102 valence electrons. The lowest BCUT2D eigenvalue weighted by molar-refractivity contribution is 0.574. The molecule has 4 rings (SSSR count). The number of piperidine rings is 1. The number of nitrogens with zero attached hydrogens (tertiary/aromatic N) is 4. The Balaban J connectivity index is 1.99. The predicted molar refractivity (Wildman–Crippen MR) is 76.5 cm³/mol. The van der Waals surface area contributed by atoms with Crippen molar-refractivity contribution in [3.8, 4) is 0 Å². The monoisotopic (exact) mass is 270 g/mol. The Kier molecular flexibility index (Phi) is 2.58. The minimum absolute atomic E-state index is 0.256. The van der Waals surface area contributed by atoms with Gasteiger partial charge in [-0.15, -0.1) is 0 Å². The number of fused-ring (bicyclic) bond motifs is 3. The second-order valence-electron chi connectivity index (χ2n) is 5.24. The van der Waals surface area contributed by atoms with Crippen LogP contribution in [0.5, 0.6) is 0 Å². The van der Waals surface area contributed by atoms with Crippen molar-refractivity contribution in [3.05, 3.63) is 36.4 Å². The van der Waals surface area contributed by atoms with Crippen LogP contribution >= 0.6 is 0 Å². The van der Waals surface area contributed by atoms with E-state index in [-0.39, 0.29) is 5.82 Å². The molecule has 20 heavy (non-hydrogen) atoms. The van der Waals surface area contributed by atoms with Gasteiger partial charge in [-0.2, -0.15) is 0 Å². The molecule has 2 aromatic heterocycles. The first kappa shape index (κ1) is 11.6. The van der Waals surface area contributed by atoms with E-state index in [9.17, 15) is 4.39 Å². The first-order chi connectivity index (χ1) is 9.83. The number of rotatable bonds is 1. The molecule has 1 fully saturated rings. The summed E-state index contributed by atoms with van der Waals surface area (Å²) in [4.78, 5) is 11.4. The Morgan fingerprint density at radius 2 is 1.95 bits per heavy atom. The molecule has 0 atom stereocenters. The highest BCUT2D eigenvalue weighted by Gasteiger charge is 2.18. The molecule has 5 heteroatoms. The van der Waals surface area contributed by atoms with Crippen molar-refractivity contribution >= 4 is 22.5 Å². The second kappa shape index (κ2) is 4.44. The lowest BCUT2D eigenvalue weighted by atomic mass is 10.1. The Labute approximate surface area is 115 Å². The van der Waals surface area contributed by atoms with Gasteiger partial charge in [0.2, 0.25) is 0 Å². The normalized spacial score (nSPS) is 16.1. The van der Waals surface area contributed by atoms with E-state index in [0.717, 1.165) is 30.1 Å². The maximum Gasteiger partial charge on any atom is 0.180 e. The summed E-state index contributed by atoms with van der Waals surface area (Å²) in [5.41, 5.74) is 2.42. The molecular formula is C15H15FN4. The molecule has 3 aromatic rings. The van der Waals surface area contributed by atoms with Gasteiger partial charge in [0.1, 0.15) is 5.82 Å². The van der Waals surface area contributed by atoms with E-state index in [1.807, 2.05) is 10.6 Å². The molecule has 0 N–H and O–H groups in total. The molecule has 1 aliphatic rings. The van der Waals surface area contributed by atoms with Crippen LogP contribution in [0.25, 0.3) is 16.7 Å². The topological polar surface area (TPSA) is 33.4 Å². The van der Waals surface area contributed by atoms with Crippen molar-refractivity contribution in [2.75, 3.05) is 18.0 Å². The van der Waals surface area contributed by atoms with E-state index in [1.165, 1.54) is 31.4 Å². The molecule has 0 spiro atoms. The molecular weight excluding hydrogens is 255 g/mol. The first-order valence-electron chi connectivity index (χ1n) is 7.00. The summed E-state index contributed by atoms with van der Waals surface area (Å²) in [6.07, 6.45) is 7.30. The van der Waals surface area contributed by atoms with Crippen molar-refractivity contribution in [1.82, 2.24) is 14.4 Å². The summed E-state index contributed by atoms with van der Waals surface area (Å²) < 4.78 is 15.4. The van der Waals surface area contributed by atoms with Gasteiger partial charge in [-0.25, -0.2) is 14.4 Å². The molecule has 0 bridgehead atoms. The summed E-state index contributed by atoms with van der Waals surface area (Å²) in [7, 11) is 0. The Morgan fingerprint density at radius 1 is 1.10 bits per heavy atom. The van der Waals surface area contributed by atoms with Crippen molar-refractivity contribution in [2.45, 2.75) is 19.3 Å². The fourth-order valence-electron chi connectivity index (χ4n) is 2.94. The number of anilines is 1. The van der Waals surface area contributed by atoms with E-state index < -0.39 is 0 Å². The van der Waals surface area contributed by atoms with Crippen LogP contribution in [0.1, 0.15) is 19.3 Å².